The fourth-order valence-electron chi connectivity index (χ4n) is 2.64. The summed E-state index contributed by atoms with van der Waals surface area (Å²) in [6, 6.07) is 19.3. The highest BCUT2D eigenvalue weighted by Gasteiger charge is 2.32. The Morgan fingerprint density at radius 2 is 1.61 bits per heavy atom. The lowest BCUT2D eigenvalue weighted by Gasteiger charge is -2.23. The fraction of sp³-hybridized carbons (Fsp3) is 0.0952. The summed E-state index contributed by atoms with van der Waals surface area (Å²) in [4.78, 5) is 13.3. The lowest BCUT2D eigenvalue weighted by Crippen LogP contribution is -2.37. The first-order valence-corrected chi connectivity index (χ1v) is 10.6. The normalized spacial score (nSPS) is 11.1. The molecule has 1 amide bonds. The third-order valence-corrected chi connectivity index (χ3v) is 6.34. The Labute approximate surface area is 172 Å². The number of anilines is 1. The molecule has 0 aromatic heterocycles. The third-order valence-electron chi connectivity index (χ3n) is 4.12. The second-order valence-corrected chi connectivity index (χ2v) is 8.80. The summed E-state index contributed by atoms with van der Waals surface area (Å²) in [7, 11) is -2.61. The van der Waals surface area contributed by atoms with Gasteiger partial charge in [0.15, 0.2) is 0 Å². The molecule has 0 N–H and O–H groups in total. The van der Waals surface area contributed by atoms with E-state index in [9.17, 15) is 13.2 Å². The molecular weight excluding hydrogens is 442 g/mol. The first kappa shape index (κ1) is 20.1. The van der Waals surface area contributed by atoms with Crippen molar-refractivity contribution in [3.05, 3.63) is 88.4 Å². The third kappa shape index (κ3) is 4.10. The van der Waals surface area contributed by atoms with Crippen molar-refractivity contribution in [2.75, 3.05) is 11.4 Å². The van der Waals surface area contributed by atoms with Crippen molar-refractivity contribution in [3.63, 3.8) is 0 Å². The molecule has 0 saturated carbocycles. The maximum atomic E-state index is 13.4. The van der Waals surface area contributed by atoms with Crippen LogP contribution in [0.15, 0.2) is 82.2 Å². The van der Waals surface area contributed by atoms with Gasteiger partial charge in [0.1, 0.15) is 5.75 Å². The smallest absolute Gasteiger partial charge is 0.272 e. The van der Waals surface area contributed by atoms with Gasteiger partial charge in [0.2, 0.25) is 0 Å². The number of carbonyl (C=O) groups excluding carboxylic acids is 1. The molecule has 0 radical (unpaired) electrons. The van der Waals surface area contributed by atoms with Crippen molar-refractivity contribution < 1.29 is 17.9 Å². The number of carbonyl (C=O) groups is 1. The molecule has 0 heterocycles. The Balaban J connectivity index is 2.15. The maximum Gasteiger partial charge on any atom is 0.272 e. The number of aryl methyl sites for hydroxylation is 1. The van der Waals surface area contributed by atoms with Crippen molar-refractivity contribution >= 4 is 37.5 Å². The minimum Gasteiger partial charge on any atom is -0.497 e. The van der Waals surface area contributed by atoms with Crippen LogP contribution < -0.4 is 9.04 Å². The number of amides is 1. The van der Waals surface area contributed by atoms with Crippen LogP contribution >= 0.6 is 15.9 Å². The van der Waals surface area contributed by atoms with Crippen LogP contribution in [-0.4, -0.2) is 21.4 Å². The van der Waals surface area contributed by atoms with E-state index in [1.54, 1.807) is 60.7 Å². The van der Waals surface area contributed by atoms with Crippen molar-refractivity contribution in [2.24, 2.45) is 0 Å². The standard InChI is InChI=1S/C21H18BrNO4S/c1-15-6-12-20(13-7-15)28(25,26)23(18-8-10-19(27-2)11-9-18)21(24)16-4-3-5-17(22)14-16/h3-14H,1-2H3. The molecule has 0 atom stereocenters. The molecule has 3 aromatic rings. The molecule has 0 aliphatic rings. The second kappa shape index (κ2) is 8.16. The number of methoxy groups -OCH3 is 1. The Morgan fingerprint density at radius 1 is 0.964 bits per heavy atom. The number of hydrogen-bond acceptors (Lipinski definition) is 4. The van der Waals surface area contributed by atoms with Gasteiger partial charge in [0.25, 0.3) is 15.9 Å². The van der Waals surface area contributed by atoms with Crippen LogP contribution in [0, 0.1) is 6.92 Å². The largest absolute Gasteiger partial charge is 0.497 e. The molecule has 0 unspecified atom stereocenters. The Morgan fingerprint density at radius 3 is 2.18 bits per heavy atom. The van der Waals surface area contributed by atoms with E-state index in [0.717, 1.165) is 9.87 Å². The van der Waals surface area contributed by atoms with Crippen LogP contribution in [0.1, 0.15) is 15.9 Å². The summed E-state index contributed by atoms with van der Waals surface area (Å²) in [5.74, 6) is -0.0848. The number of benzene rings is 3. The van der Waals surface area contributed by atoms with E-state index in [-0.39, 0.29) is 16.1 Å². The summed E-state index contributed by atoms with van der Waals surface area (Å²) in [5, 5.41) is 0. The van der Waals surface area contributed by atoms with Crippen LogP contribution in [0.4, 0.5) is 5.69 Å². The van der Waals surface area contributed by atoms with Gasteiger partial charge in [-0.05, 0) is 61.5 Å². The monoisotopic (exact) mass is 459 g/mol. The van der Waals surface area contributed by atoms with E-state index < -0.39 is 15.9 Å². The summed E-state index contributed by atoms with van der Waals surface area (Å²) in [6.07, 6.45) is 0. The summed E-state index contributed by atoms with van der Waals surface area (Å²) >= 11 is 3.32. The molecule has 3 rings (SSSR count). The molecule has 0 aliphatic carbocycles. The van der Waals surface area contributed by atoms with Crippen LogP contribution in [0.2, 0.25) is 0 Å². The molecule has 28 heavy (non-hydrogen) atoms. The number of sulfonamides is 1. The van der Waals surface area contributed by atoms with Gasteiger partial charge in [-0.3, -0.25) is 4.79 Å². The van der Waals surface area contributed by atoms with Crippen LogP contribution in [0.25, 0.3) is 0 Å². The van der Waals surface area contributed by atoms with E-state index in [0.29, 0.717) is 10.2 Å². The number of ether oxygens (including phenoxy) is 1. The van der Waals surface area contributed by atoms with Gasteiger partial charge in [-0.2, -0.15) is 4.31 Å². The lowest BCUT2D eigenvalue weighted by atomic mass is 10.2. The van der Waals surface area contributed by atoms with Gasteiger partial charge < -0.3 is 4.74 Å². The van der Waals surface area contributed by atoms with Gasteiger partial charge in [-0.15, -0.1) is 0 Å². The fourth-order valence-corrected chi connectivity index (χ4v) is 4.45. The van der Waals surface area contributed by atoms with Crippen molar-refractivity contribution in [2.45, 2.75) is 11.8 Å². The van der Waals surface area contributed by atoms with Crippen molar-refractivity contribution in [3.8, 4) is 5.75 Å². The minimum atomic E-state index is -4.12. The SMILES string of the molecule is COc1ccc(N(C(=O)c2cccc(Br)c2)S(=O)(=O)c2ccc(C)cc2)cc1. The molecule has 0 spiro atoms. The van der Waals surface area contributed by atoms with Crippen molar-refractivity contribution in [1.29, 1.82) is 0 Å². The summed E-state index contributed by atoms with van der Waals surface area (Å²) < 4.78 is 33.4. The lowest BCUT2D eigenvalue weighted by molar-refractivity contribution is 0.101. The van der Waals surface area contributed by atoms with E-state index in [4.69, 9.17) is 4.74 Å². The van der Waals surface area contributed by atoms with Gasteiger partial charge in [-0.1, -0.05) is 39.7 Å². The quantitative estimate of drug-likeness (QED) is 0.549. The van der Waals surface area contributed by atoms with Crippen LogP contribution in [0.3, 0.4) is 0 Å². The van der Waals surface area contributed by atoms with E-state index in [2.05, 4.69) is 15.9 Å². The Bertz CT molecular complexity index is 1090. The topological polar surface area (TPSA) is 63.7 Å². The minimum absolute atomic E-state index is 0.0391. The highest BCUT2D eigenvalue weighted by atomic mass is 79.9. The molecule has 0 bridgehead atoms. The van der Waals surface area contributed by atoms with E-state index in [1.807, 2.05) is 6.92 Å². The average Bonchev–Trinajstić information content (AvgIpc) is 2.69. The number of hydrogen-bond donors (Lipinski definition) is 0. The Hall–Kier alpha value is -2.64. The maximum absolute atomic E-state index is 13.4. The zero-order chi connectivity index (χ0) is 20.3. The van der Waals surface area contributed by atoms with Crippen LogP contribution in [-0.2, 0) is 10.0 Å². The van der Waals surface area contributed by atoms with Crippen LogP contribution in [0.5, 0.6) is 5.75 Å². The first-order valence-electron chi connectivity index (χ1n) is 8.39. The molecule has 0 fully saturated rings. The number of nitrogens with zero attached hydrogens (tertiary/aromatic N) is 1. The number of rotatable bonds is 5. The zero-order valence-electron chi connectivity index (χ0n) is 15.3. The Kier molecular flexibility index (Phi) is 5.86. The van der Waals surface area contributed by atoms with E-state index >= 15 is 0 Å². The molecular formula is C21H18BrNO4S. The second-order valence-electron chi connectivity index (χ2n) is 6.10. The molecule has 0 aliphatic heterocycles. The predicted octanol–water partition coefficient (Wildman–Crippen LogP) is 4.80. The molecule has 7 heteroatoms. The first-order chi connectivity index (χ1) is 13.3. The number of halogens is 1. The predicted molar refractivity (Wildman–Crippen MR) is 112 cm³/mol. The highest BCUT2D eigenvalue weighted by molar-refractivity contribution is 9.10. The molecule has 3 aromatic carbocycles. The summed E-state index contributed by atoms with van der Waals surface area (Å²) in [5.41, 5.74) is 1.40. The van der Waals surface area contributed by atoms with Gasteiger partial charge in [-0.25, -0.2) is 8.42 Å². The van der Waals surface area contributed by atoms with Crippen molar-refractivity contribution in [1.82, 2.24) is 0 Å². The molecule has 0 saturated heterocycles. The molecule has 144 valence electrons. The van der Waals surface area contributed by atoms with Gasteiger partial charge >= 0.3 is 0 Å². The van der Waals surface area contributed by atoms with Gasteiger partial charge in [0.05, 0.1) is 17.7 Å². The zero-order valence-corrected chi connectivity index (χ0v) is 17.7. The highest BCUT2D eigenvalue weighted by Crippen LogP contribution is 2.28. The van der Waals surface area contributed by atoms with E-state index in [1.165, 1.54) is 19.2 Å². The summed E-state index contributed by atoms with van der Waals surface area (Å²) in [6.45, 7) is 1.87. The molecule has 5 nitrogen and oxygen atoms in total. The van der Waals surface area contributed by atoms with Gasteiger partial charge in [0, 0.05) is 10.0 Å². The average molecular weight is 460 g/mol.